The van der Waals surface area contributed by atoms with Gasteiger partial charge in [-0.25, -0.2) is 9.59 Å². The van der Waals surface area contributed by atoms with Crippen molar-refractivity contribution in [3.63, 3.8) is 0 Å². The van der Waals surface area contributed by atoms with Crippen molar-refractivity contribution in [3.05, 3.63) is 88.5 Å². The first-order valence-electron chi connectivity index (χ1n) is 11.0. The van der Waals surface area contributed by atoms with E-state index in [1.165, 1.54) is 13.0 Å². The van der Waals surface area contributed by atoms with Crippen molar-refractivity contribution in [2.45, 2.75) is 32.7 Å². The molecule has 34 heavy (non-hydrogen) atoms. The zero-order chi connectivity index (χ0) is 24.4. The summed E-state index contributed by atoms with van der Waals surface area (Å²) in [5, 5.41) is 14.6. The summed E-state index contributed by atoms with van der Waals surface area (Å²) in [7, 11) is 0. The monoisotopic (exact) mass is 458 g/mol. The minimum Gasteiger partial charge on any atom is -0.478 e. The highest BCUT2D eigenvalue weighted by atomic mass is 16.5. The Hall–Kier alpha value is -4.13. The van der Waals surface area contributed by atoms with Crippen LogP contribution in [0.5, 0.6) is 0 Å². The number of carboxylic acids is 1. The molecule has 0 heterocycles. The molecular formula is C27H26N2O5. The van der Waals surface area contributed by atoms with E-state index in [4.69, 9.17) is 4.74 Å². The van der Waals surface area contributed by atoms with E-state index < -0.39 is 24.0 Å². The molecule has 0 aromatic heterocycles. The molecule has 7 heteroatoms. The Balaban J connectivity index is 1.38. The number of rotatable bonds is 6. The lowest BCUT2D eigenvalue weighted by molar-refractivity contribution is -0.117. The summed E-state index contributed by atoms with van der Waals surface area (Å²) in [6.07, 6.45) is -0.698. The fourth-order valence-electron chi connectivity index (χ4n) is 4.29. The molecule has 0 spiro atoms. The maximum absolute atomic E-state index is 12.6. The van der Waals surface area contributed by atoms with Gasteiger partial charge in [-0.1, -0.05) is 48.5 Å². The molecule has 3 N–H and O–H groups in total. The molecule has 0 saturated carbocycles. The molecule has 1 atom stereocenters. The fourth-order valence-corrected chi connectivity index (χ4v) is 4.29. The van der Waals surface area contributed by atoms with Gasteiger partial charge in [-0.2, -0.15) is 0 Å². The molecule has 7 nitrogen and oxygen atoms in total. The Morgan fingerprint density at radius 2 is 1.56 bits per heavy atom. The molecule has 1 unspecified atom stereocenters. The molecule has 0 aliphatic heterocycles. The fraction of sp³-hybridized carbons (Fsp3) is 0.222. The Morgan fingerprint density at radius 1 is 0.971 bits per heavy atom. The summed E-state index contributed by atoms with van der Waals surface area (Å²) in [4.78, 5) is 36.5. The number of benzene rings is 3. The first-order chi connectivity index (χ1) is 16.3. The second-order valence-electron chi connectivity index (χ2n) is 8.45. The van der Waals surface area contributed by atoms with Crippen LogP contribution in [-0.4, -0.2) is 35.7 Å². The summed E-state index contributed by atoms with van der Waals surface area (Å²) in [5.74, 6) is -1.62. The van der Waals surface area contributed by atoms with Crippen LogP contribution in [0.25, 0.3) is 11.1 Å². The Bertz CT molecular complexity index is 1240. The largest absolute Gasteiger partial charge is 0.478 e. The predicted octanol–water partition coefficient (Wildman–Crippen LogP) is 4.87. The van der Waals surface area contributed by atoms with Crippen LogP contribution < -0.4 is 10.6 Å². The van der Waals surface area contributed by atoms with Crippen molar-refractivity contribution in [2.75, 3.05) is 11.9 Å². The van der Waals surface area contributed by atoms with Gasteiger partial charge in [0.05, 0.1) is 5.56 Å². The highest BCUT2D eigenvalue weighted by Crippen LogP contribution is 2.44. The zero-order valence-electron chi connectivity index (χ0n) is 19.2. The van der Waals surface area contributed by atoms with Crippen molar-refractivity contribution in [1.29, 1.82) is 0 Å². The molecule has 3 aromatic rings. The normalized spacial score (nSPS) is 12.9. The number of carboxylic acid groups (broad SMARTS) is 1. The third-order valence-corrected chi connectivity index (χ3v) is 6.24. The average Bonchev–Trinajstić information content (AvgIpc) is 3.13. The molecule has 0 bridgehead atoms. The van der Waals surface area contributed by atoms with Gasteiger partial charge in [0.25, 0.3) is 0 Å². The second-order valence-corrected chi connectivity index (χ2v) is 8.45. The van der Waals surface area contributed by atoms with Gasteiger partial charge in [-0.05, 0) is 66.3 Å². The van der Waals surface area contributed by atoms with Crippen LogP contribution in [-0.2, 0) is 9.53 Å². The predicted molar refractivity (Wildman–Crippen MR) is 129 cm³/mol. The lowest BCUT2D eigenvalue weighted by atomic mass is 9.98. The van der Waals surface area contributed by atoms with E-state index in [1.54, 1.807) is 19.9 Å². The number of hydrogen-bond acceptors (Lipinski definition) is 4. The lowest BCUT2D eigenvalue weighted by Gasteiger charge is -2.17. The number of aryl methyl sites for hydroxylation is 1. The van der Waals surface area contributed by atoms with Crippen LogP contribution in [0.3, 0.4) is 0 Å². The number of anilines is 1. The minimum atomic E-state index is -1.07. The standard InChI is InChI=1S/C27H26N2O5/c1-15-12-18(13-23(16(15)2)26(31)32)29-25(30)17(3)28-27(33)34-14-24-21-10-6-4-8-19(21)20-9-5-7-11-22(20)24/h4-13,17,24H,14H2,1-3H3,(H,28,33)(H,29,30)(H,31,32). The van der Waals surface area contributed by atoms with Gasteiger partial charge in [-0.15, -0.1) is 0 Å². The Morgan fingerprint density at radius 3 is 2.15 bits per heavy atom. The maximum Gasteiger partial charge on any atom is 0.407 e. The topological polar surface area (TPSA) is 105 Å². The molecule has 0 saturated heterocycles. The van der Waals surface area contributed by atoms with Gasteiger partial charge < -0.3 is 20.5 Å². The molecule has 2 amide bonds. The van der Waals surface area contributed by atoms with E-state index in [0.717, 1.165) is 27.8 Å². The van der Waals surface area contributed by atoms with Crippen molar-refractivity contribution < 1.29 is 24.2 Å². The van der Waals surface area contributed by atoms with Gasteiger partial charge in [0.1, 0.15) is 12.6 Å². The third kappa shape index (κ3) is 4.50. The third-order valence-electron chi connectivity index (χ3n) is 6.24. The van der Waals surface area contributed by atoms with Crippen molar-refractivity contribution in [1.82, 2.24) is 5.32 Å². The number of nitrogens with one attached hydrogen (secondary N) is 2. The Kier molecular flexibility index (Phi) is 6.36. The number of carbonyl (C=O) groups is 3. The van der Waals surface area contributed by atoms with E-state index in [1.807, 2.05) is 36.4 Å². The number of fused-ring (bicyclic) bond motifs is 3. The van der Waals surface area contributed by atoms with Gasteiger partial charge in [0.2, 0.25) is 5.91 Å². The van der Waals surface area contributed by atoms with E-state index in [2.05, 4.69) is 22.8 Å². The summed E-state index contributed by atoms with van der Waals surface area (Å²) < 4.78 is 5.49. The molecule has 4 rings (SSSR count). The van der Waals surface area contributed by atoms with Crippen LogP contribution in [0, 0.1) is 13.8 Å². The van der Waals surface area contributed by atoms with Crippen molar-refractivity contribution in [3.8, 4) is 11.1 Å². The van der Waals surface area contributed by atoms with E-state index in [-0.39, 0.29) is 18.1 Å². The number of amides is 2. The summed E-state index contributed by atoms with van der Waals surface area (Å²) in [5.41, 5.74) is 6.32. The van der Waals surface area contributed by atoms with Crippen molar-refractivity contribution >= 4 is 23.7 Å². The Labute approximate surface area is 197 Å². The minimum absolute atomic E-state index is 0.0766. The van der Waals surface area contributed by atoms with Crippen LogP contribution >= 0.6 is 0 Å². The average molecular weight is 459 g/mol. The molecular weight excluding hydrogens is 432 g/mol. The molecule has 1 aliphatic rings. The number of ether oxygens (including phenoxy) is 1. The van der Waals surface area contributed by atoms with Gasteiger partial charge >= 0.3 is 12.1 Å². The maximum atomic E-state index is 12.6. The van der Waals surface area contributed by atoms with Crippen LogP contribution in [0.2, 0.25) is 0 Å². The SMILES string of the molecule is Cc1cc(NC(=O)C(C)NC(=O)OCC2c3ccccc3-c3ccccc32)cc(C(=O)O)c1C. The van der Waals surface area contributed by atoms with E-state index >= 15 is 0 Å². The number of carbonyl (C=O) groups excluding carboxylic acids is 2. The first kappa shape index (κ1) is 23.0. The number of alkyl carbamates (subject to hydrolysis) is 1. The summed E-state index contributed by atoms with van der Waals surface area (Å²) >= 11 is 0. The summed E-state index contributed by atoms with van der Waals surface area (Å²) in [6, 6.07) is 18.3. The zero-order valence-corrected chi connectivity index (χ0v) is 19.2. The van der Waals surface area contributed by atoms with E-state index in [0.29, 0.717) is 11.3 Å². The molecule has 3 aromatic carbocycles. The molecule has 0 radical (unpaired) electrons. The lowest BCUT2D eigenvalue weighted by Crippen LogP contribution is -2.42. The van der Waals surface area contributed by atoms with Crippen LogP contribution in [0.4, 0.5) is 10.5 Å². The molecule has 174 valence electrons. The van der Waals surface area contributed by atoms with E-state index in [9.17, 15) is 19.5 Å². The smallest absolute Gasteiger partial charge is 0.407 e. The van der Waals surface area contributed by atoms with Gasteiger partial charge in [0.15, 0.2) is 0 Å². The highest BCUT2D eigenvalue weighted by Gasteiger charge is 2.29. The quantitative estimate of drug-likeness (QED) is 0.489. The van der Waals surface area contributed by atoms with Crippen LogP contribution in [0.1, 0.15) is 45.5 Å². The molecule has 0 fully saturated rings. The number of hydrogen-bond donors (Lipinski definition) is 3. The van der Waals surface area contributed by atoms with Crippen molar-refractivity contribution in [2.24, 2.45) is 0 Å². The first-order valence-corrected chi connectivity index (χ1v) is 11.0. The number of aromatic carboxylic acids is 1. The van der Waals surface area contributed by atoms with Crippen LogP contribution in [0.15, 0.2) is 60.7 Å². The highest BCUT2D eigenvalue weighted by molar-refractivity contribution is 5.98. The van der Waals surface area contributed by atoms with Gasteiger partial charge in [0, 0.05) is 11.6 Å². The van der Waals surface area contributed by atoms with Gasteiger partial charge in [-0.3, -0.25) is 4.79 Å². The molecule has 1 aliphatic carbocycles. The second kappa shape index (κ2) is 9.39. The summed E-state index contributed by atoms with van der Waals surface area (Å²) in [6.45, 7) is 5.17.